The maximum absolute atomic E-state index is 14.0. The second-order valence-corrected chi connectivity index (χ2v) is 7.20. The van der Waals surface area contributed by atoms with Gasteiger partial charge in [0.1, 0.15) is 5.82 Å². The Morgan fingerprint density at radius 3 is 2.67 bits per heavy atom. The van der Waals surface area contributed by atoms with E-state index in [0.29, 0.717) is 13.1 Å². The topological polar surface area (TPSA) is 49.3 Å². The van der Waals surface area contributed by atoms with Crippen molar-refractivity contribution in [3.63, 3.8) is 0 Å². The summed E-state index contributed by atoms with van der Waals surface area (Å²) in [4.78, 5) is 9.65. The zero-order valence-electron chi connectivity index (χ0n) is 13.8. The van der Waals surface area contributed by atoms with E-state index in [4.69, 9.17) is 0 Å². The molecule has 0 atom stereocenters. The highest BCUT2D eigenvalue weighted by molar-refractivity contribution is 14.0. The molecule has 1 heterocycles. The summed E-state index contributed by atoms with van der Waals surface area (Å²) in [7, 11) is 1.75. The van der Waals surface area contributed by atoms with Crippen molar-refractivity contribution in [3.8, 4) is 0 Å². The normalized spacial score (nSPS) is 15.5. The van der Waals surface area contributed by atoms with Gasteiger partial charge in [-0.3, -0.25) is 4.99 Å². The second-order valence-electron chi connectivity index (χ2n) is 5.89. The lowest BCUT2D eigenvalue weighted by Crippen LogP contribution is -2.41. The molecule has 0 bridgehead atoms. The summed E-state index contributed by atoms with van der Waals surface area (Å²) >= 11 is 1.67. The number of aliphatic imine (C=N–C) groups is 1. The number of halogens is 2. The minimum Gasteiger partial charge on any atom is -0.356 e. The molecule has 1 aromatic heterocycles. The van der Waals surface area contributed by atoms with Gasteiger partial charge < -0.3 is 10.6 Å². The van der Waals surface area contributed by atoms with Gasteiger partial charge >= 0.3 is 0 Å². The number of aromatic nitrogens is 1. The average Bonchev–Trinajstić information content (AvgIpc) is 3.22. The molecule has 0 unspecified atom stereocenters. The van der Waals surface area contributed by atoms with Gasteiger partial charge in [0.25, 0.3) is 0 Å². The molecule has 1 aromatic carbocycles. The summed E-state index contributed by atoms with van der Waals surface area (Å²) in [6.07, 6.45) is 3.89. The fraction of sp³-hybridized carbons (Fsp3) is 0.412. The summed E-state index contributed by atoms with van der Waals surface area (Å²) in [6, 6.07) is 7.06. The number of rotatable bonds is 5. The van der Waals surface area contributed by atoms with Crippen molar-refractivity contribution in [2.24, 2.45) is 4.99 Å². The summed E-state index contributed by atoms with van der Waals surface area (Å²) < 4.78 is 14.0. The van der Waals surface area contributed by atoms with Crippen LogP contribution >= 0.6 is 35.3 Å². The Hall–Kier alpha value is -1.22. The molecule has 7 heteroatoms. The summed E-state index contributed by atoms with van der Waals surface area (Å²) in [5.74, 6) is 0.619. The molecule has 1 saturated carbocycles. The molecule has 4 nitrogen and oxygen atoms in total. The first-order chi connectivity index (χ1) is 11.1. The third-order valence-electron chi connectivity index (χ3n) is 4.22. The van der Waals surface area contributed by atoms with E-state index in [1.807, 2.05) is 25.3 Å². The molecule has 0 amide bonds. The van der Waals surface area contributed by atoms with Crippen molar-refractivity contribution in [1.29, 1.82) is 0 Å². The lowest BCUT2D eigenvalue weighted by molar-refractivity contribution is 0.560. The highest BCUT2D eigenvalue weighted by atomic mass is 127. The highest BCUT2D eigenvalue weighted by Crippen LogP contribution is 2.48. The van der Waals surface area contributed by atoms with E-state index in [2.05, 4.69) is 20.6 Å². The van der Waals surface area contributed by atoms with Crippen LogP contribution in [0.4, 0.5) is 4.39 Å². The number of hydrogen-bond acceptors (Lipinski definition) is 3. The van der Waals surface area contributed by atoms with E-state index in [9.17, 15) is 4.39 Å². The lowest BCUT2D eigenvalue weighted by Gasteiger charge is -2.19. The first-order valence-electron chi connectivity index (χ1n) is 7.74. The zero-order chi connectivity index (χ0) is 16.3. The van der Waals surface area contributed by atoms with E-state index in [1.54, 1.807) is 24.5 Å². The third kappa shape index (κ3) is 4.44. The quantitative estimate of drug-likeness (QED) is 0.407. The van der Waals surface area contributed by atoms with Crippen LogP contribution in [-0.2, 0) is 12.0 Å². The Kier molecular flexibility index (Phi) is 6.56. The zero-order valence-corrected chi connectivity index (χ0v) is 17.0. The molecule has 1 aliphatic rings. The summed E-state index contributed by atoms with van der Waals surface area (Å²) in [5, 5.41) is 7.67. The van der Waals surface area contributed by atoms with Gasteiger partial charge in [0, 0.05) is 30.1 Å². The molecular formula is C17H22FIN4S. The van der Waals surface area contributed by atoms with Gasteiger partial charge in [-0.15, -0.1) is 35.3 Å². The van der Waals surface area contributed by atoms with E-state index >= 15 is 0 Å². The molecule has 1 aliphatic carbocycles. The first kappa shape index (κ1) is 19.1. The number of nitrogens with zero attached hydrogens (tertiary/aromatic N) is 2. The third-order valence-corrected chi connectivity index (χ3v) is 5.13. The molecule has 3 rings (SSSR count). The van der Waals surface area contributed by atoms with Crippen LogP contribution in [0.15, 0.2) is 35.5 Å². The van der Waals surface area contributed by atoms with Crippen LogP contribution in [-0.4, -0.2) is 24.5 Å². The Morgan fingerprint density at radius 2 is 2.08 bits per heavy atom. The number of guanidine groups is 1. The summed E-state index contributed by atoms with van der Waals surface area (Å²) in [5.41, 5.74) is 0.713. The van der Waals surface area contributed by atoms with Crippen molar-refractivity contribution >= 4 is 41.3 Å². The van der Waals surface area contributed by atoms with Crippen LogP contribution in [0.5, 0.6) is 0 Å². The molecule has 1 fully saturated rings. The van der Waals surface area contributed by atoms with Crippen LogP contribution in [0.2, 0.25) is 0 Å². The smallest absolute Gasteiger partial charge is 0.191 e. The molecule has 130 valence electrons. The van der Waals surface area contributed by atoms with Crippen LogP contribution in [0, 0.1) is 12.7 Å². The molecule has 24 heavy (non-hydrogen) atoms. The van der Waals surface area contributed by atoms with Gasteiger partial charge in [0.2, 0.25) is 0 Å². The Morgan fingerprint density at radius 1 is 1.33 bits per heavy atom. The molecule has 2 N–H and O–H groups in total. The number of hydrogen-bond donors (Lipinski definition) is 2. The Labute approximate surface area is 163 Å². The van der Waals surface area contributed by atoms with Gasteiger partial charge in [-0.05, 0) is 31.4 Å². The van der Waals surface area contributed by atoms with Gasteiger partial charge in [-0.1, -0.05) is 18.2 Å². The molecule has 0 saturated heterocycles. The maximum atomic E-state index is 14.0. The van der Waals surface area contributed by atoms with Crippen molar-refractivity contribution in [2.45, 2.75) is 31.7 Å². The van der Waals surface area contributed by atoms with Gasteiger partial charge in [-0.2, -0.15) is 0 Å². The van der Waals surface area contributed by atoms with Crippen LogP contribution in [0.25, 0.3) is 0 Å². The predicted octanol–water partition coefficient (Wildman–Crippen LogP) is 3.61. The van der Waals surface area contributed by atoms with E-state index in [-0.39, 0.29) is 35.2 Å². The first-order valence-corrected chi connectivity index (χ1v) is 8.55. The highest BCUT2D eigenvalue weighted by Gasteiger charge is 2.45. The van der Waals surface area contributed by atoms with Crippen LogP contribution in [0.3, 0.4) is 0 Å². The van der Waals surface area contributed by atoms with Crippen LogP contribution < -0.4 is 10.6 Å². The van der Waals surface area contributed by atoms with E-state index in [0.717, 1.165) is 29.4 Å². The second kappa shape index (κ2) is 8.24. The Bertz CT molecular complexity index is 712. The minimum atomic E-state index is -0.116. The SMILES string of the molecule is CN=C(NCc1cnc(C)s1)NCC1(c2ccccc2F)CC1.I. The fourth-order valence-corrected chi connectivity index (χ4v) is 3.45. The van der Waals surface area contributed by atoms with Crippen molar-refractivity contribution in [2.75, 3.05) is 13.6 Å². The number of nitrogens with one attached hydrogen (secondary N) is 2. The fourth-order valence-electron chi connectivity index (χ4n) is 2.71. The molecule has 0 radical (unpaired) electrons. The van der Waals surface area contributed by atoms with Gasteiger partial charge in [-0.25, -0.2) is 9.37 Å². The molecule has 0 spiro atoms. The number of aryl methyl sites for hydroxylation is 1. The molecule has 0 aliphatic heterocycles. The van der Waals surface area contributed by atoms with Crippen molar-refractivity contribution in [3.05, 3.63) is 51.7 Å². The van der Waals surface area contributed by atoms with E-state index < -0.39 is 0 Å². The minimum absolute atomic E-state index is 0. The maximum Gasteiger partial charge on any atom is 0.191 e. The molecule has 2 aromatic rings. The standard InChI is InChI=1S/C17H21FN4S.HI/c1-12-20-9-13(23-12)10-21-16(19-2)22-11-17(7-8-17)14-5-3-4-6-15(14)18;/h3-6,9H,7-8,10-11H2,1-2H3,(H2,19,21,22);1H. The predicted molar refractivity (Wildman–Crippen MR) is 108 cm³/mol. The van der Waals surface area contributed by atoms with Gasteiger partial charge in [0.15, 0.2) is 5.96 Å². The van der Waals surface area contributed by atoms with Gasteiger partial charge in [0.05, 0.1) is 11.6 Å². The van der Waals surface area contributed by atoms with Crippen molar-refractivity contribution < 1.29 is 4.39 Å². The largest absolute Gasteiger partial charge is 0.356 e. The number of benzene rings is 1. The number of thiazole rings is 1. The summed E-state index contributed by atoms with van der Waals surface area (Å²) in [6.45, 7) is 3.37. The lowest BCUT2D eigenvalue weighted by atomic mass is 9.95. The monoisotopic (exact) mass is 460 g/mol. The average molecular weight is 460 g/mol. The Balaban J connectivity index is 0.00000208. The molecular weight excluding hydrogens is 438 g/mol. The van der Waals surface area contributed by atoms with Crippen LogP contribution in [0.1, 0.15) is 28.3 Å². The van der Waals surface area contributed by atoms with Crippen molar-refractivity contribution in [1.82, 2.24) is 15.6 Å². The van der Waals surface area contributed by atoms with E-state index in [1.165, 1.54) is 10.9 Å².